The van der Waals surface area contributed by atoms with Crippen molar-refractivity contribution in [2.75, 3.05) is 19.8 Å². The highest BCUT2D eigenvalue weighted by Crippen LogP contribution is 2.28. The van der Waals surface area contributed by atoms with Crippen molar-refractivity contribution in [1.29, 1.82) is 0 Å². The van der Waals surface area contributed by atoms with E-state index in [2.05, 4.69) is 26.0 Å². The quantitative estimate of drug-likeness (QED) is 0.703. The molecule has 0 atom stereocenters. The highest BCUT2D eigenvalue weighted by atomic mass is 16.5. The number of benzene rings is 2. The molecule has 0 spiro atoms. The number of hydrogen-bond donors (Lipinski definition) is 1. The second-order valence-electron chi connectivity index (χ2n) is 5.84. The lowest BCUT2D eigenvalue weighted by molar-refractivity contribution is 0.208. The van der Waals surface area contributed by atoms with Gasteiger partial charge in [-0.3, -0.25) is 0 Å². The van der Waals surface area contributed by atoms with E-state index in [0.717, 1.165) is 17.1 Å². The Bertz CT molecular complexity index is 623. The molecule has 24 heavy (non-hydrogen) atoms. The first-order valence-corrected chi connectivity index (χ1v) is 8.45. The maximum atomic E-state index is 5.78. The van der Waals surface area contributed by atoms with Crippen LogP contribution in [0, 0.1) is 0 Å². The summed E-state index contributed by atoms with van der Waals surface area (Å²) in [5.41, 5.74) is 7.99. The molecular weight excluding hydrogens is 302 g/mol. The van der Waals surface area contributed by atoms with E-state index in [-0.39, 0.29) is 0 Å². The smallest absolute Gasteiger partial charge is 0.161 e. The first-order valence-electron chi connectivity index (χ1n) is 8.45. The fourth-order valence-corrected chi connectivity index (χ4v) is 2.33. The second kappa shape index (κ2) is 9.18. The minimum Gasteiger partial charge on any atom is -0.490 e. The third-order valence-corrected chi connectivity index (χ3v) is 3.70. The van der Waals surface area contributed by atoms with Crippen molar-refractivity contribution in [3.63, 3.8) is 0 Å². The molecule has 0 aliphatic carbocycles. The van der Waals surface area contributed by atoms with Crippen LogP contribution < -0.4 is 19.9 Å². The fourth-order valence-electron chi connectivity index (χ4n) is 2.33. The molecule has 2 aromatic carbocycles. The van der Waals surface area contributed by atoms with E-state index in [1.807, 2.05) is 37.3 Å². The van der Waals surface area contributed by atoms with E-state index in [9.17, 15) is 0 Å². The van der Waals surface area contributed by atoms with Gasteiger partial charge in [0, 0.05) is 6.54 Å². The summed E-state index contributed by atoms with van der Waals surface area (Å²) in [6, 6.07) is 13.9. The Hall–Kier alpha value is -2.20. The van der Waals surface area contributed by atoms with Crippen LogP contribution in [0.25, 0.3) is 0 Å². The van der Waals surface area contributed by atoms with E-state index >= 15 is 0 Å². The summed E-state index contributed by atoms with van der Waals surface area (Å²) in [6.45, 7) is 8.30. The molecule has 4 nitrogen and oxygen atoms in total. The lowest BCUT2D eigenvalue weighted by atomic mass is 10.0. The molecule has 0 aromatic heterocycles. The van der Waals surface area contributed by atoms with E-state index in [0.29, 0.717) is 38.0 Å². The summed E-state index contributed by atoms with van der Waals surface area (Å²) < 4.78 is 17.1. The average molecular weight is 329 g/mol. The topological polar surface area (TPSA) is 53.7 Å². The van der Waals surface area contributed by atoms with Gasteiger partial charge in [0.15, 0.2) is 11.5 Å². The van der Waals surface area contributed by atoms with E-state index in [4.69, 9.17) is 19.9 Å². The van der Waals surface area contributed by atoms with Crippen LogP contribution in [0.5, 0.6) is 17.2 Å². The van der Waals surface area contributed by atoms with E-state index in [1.54, 1.807) is 0 Å². The third kappa shape index (κ3) is 5.17. The molecule has 2 aromatic rings. The maximum absolute atomic E-state index is 5.78. The SMILES string of the molecule is CCOc1cc(CN)ccc1OCCOc1ccc(C(C)C)cc1. The number of rotatable bonds is 9. The zero-order valence-corrected chi connectivity index (χ0v) is 14.7. The van der Waals surface area contributed by atoms with Crippen LogP contribution >= 0.6 is 0 Å². The zero-order chi connectivity index (χ0) is 17.4. The van der Waals surface area contributed by atoms with Gasteiger partial charge < -0.3 is 19.9 Å². The Labute approximate surface area is 144 Å². The molecule has 130 valence electrons. The van der Waals surface area contributed by atoms with E-state index < -0.39 is 0 Å². The van der Waals surface area contributed by atoms with Gasteiger partial charge in [-0.2, -0.15) is 0 Å². The van der Waals surface area contributed by atoms with Gasteiger partial charge in [-0.05, 0) is 48.2 Å². The molecule has 2 rings (SSSR count). The molecule has 0 heterocycles. The van der Waals surface area contributed by atoms with Crippen molar-refractivity contribution in [3.8, 4) is 17.2 Å². The summed E-state index contributed by atoms with van der Waals surface area (Å²) in [5.74, 6) is 2.82. The molecule has 0 bridgehead atoms. The number of hydrogen-bond acceptors (Lipinski definition) is 4. The number of nitrogens with two attached hydrogens (primary N) is 1. The first kappa shape index (κ1) is 18.1. The highest BCUT2D eigenvalue weighted by Gasteiger charge is 2.06. The molecule has 0 saturated heterocycles. The van der Waals surface area contributed by atoms with Crippen LogP contribution in [-0.2, 0) is 6.54 Å². The molecule has 0 unspecified atom stereocenters. The van der Waals surface area contributed by atoms with Gasteiger partial charge in [0.1, 0.15) is 19.0 Å². The molecule has 0 amide bonds. The van der Waals surface area contributed by atoms with Crippen molar-refractivity contribution in [2.24, 2.45) is 5.73 Å². The summed E-state index contributed by atoms with van der Waals surface area (Å²) in [6.07, 6.45) is 0. The number of ether oxygens (including phenoxy) is 3. The van der Waals surface area contributed by atoms with Crippen LogP contribution in [0.2, 0.25) is 0 Å². The van der Waals surface area contributed by atoms with Crippen LogP contribution in [0.4, 0.5) is 0 Å². The van der Waals surface area contributed by atoms with Gasteiger partial charge in [-0.25, -0.2) is 0 Å². The minimum absolute atomic E-state index is 0.452. The average Bonchev–Trinajstić information content (AvgIpc) is 2.60. The van der Waals surface area contributed by atoms with Crippen molar-refractivity contribution in [3.05, 3.63) is 53.6 Å². The Morgan fingerprint density at radius 2 is 1.58 bits per heavy atom. The lowest BCUT2D eigenvalue weighted by Crippen LogP contribution is -2.10. The standard InChI is InChI=1S/C20H27NO3/c1-4-22-20-13-16(14-21)5-10-19(20)24-12-11-23-18-8-6-17(7-9-18)15(2)3/h5-10,13,15H,4,11-12,14,21H2,1-3H3. The van der Waals surface area contributed by atoms with Crippen molar-refractivity contribution >= 4 is 0 Å². The van der Waals surface area contributed by atoms with Gasteiger partial charge in [-0.1, -0.05) is 32.0 Å². The molecule has 0 aliphatic heterocycles. The second-order valence-corrected chi connectivity index (χ2v) is 5.84. The van der Waals surface area contributed by atoms with Gasteiger partial charge >= 0.3 is 0 Å². The maximum Gasteiger partial charge on any atom is 0.161 e. The summed E-state index contributed by atoms with van der Waals surface area (Å²) in [5, 5.41) is 0. The minimum atomic E-state index is 0.452. The molecule has 0 aliphatic rings. The van der Waals surface area contributed by atoms with Crippen molar-refractivity contribution in [1.82, 2.24) is 0 Å². The summed E-state index contributed by atoms with van der Waals surface area (Å²) in [4.78, 5) is 0. The Morgan fingerprint density at radius 3 is 2.21 bits per heavy atom. The molecule has 0 radical (unpaired) electrons. The van der Waals surface area contributed by atoms with Crippen LogP contribution in [0.15, 0.2) is 42.5 Å². The molecule has 4 heteroatoms. The van der Waals surface area contributed by atoms with Crippen LogP contribution in [-0.4, -0.2) is 19.8 Å². The van der Waals surface area contributed by atoms with Gasteiger partial charge in [0.2, 0.25) is 0 Å². The van der Waals surface area contributed by atoms with Gasteiger partial charge in [-0.15, -0.1) is 0 Å². The predicted octanol–water partition coefficient (Wildman–Crippen LogP) is 4.13. The first-order chi connectivity index (χ1) is 11.6. The third-order valence-electron chi connectivity index (χ3n) is 3.70. The molecule has 0 saturated carbocycles. The Morgan fingerprint density at radius 1 is 0.875 bits per heavy atom. The van der Waals surface area contributed by atoms with Crippen LogP contribution in [0.1, 0.15) is 37.8 Å². The monoisotopic (exact) mass is 329 g/mol. The predicted molar refractivity (Wildman–Crippen MR) is 97.0 cm³/mol. The Balaban J connectivity index is 1.85. The highest BCUT2D eigenvalue weighted by molar-refractivity contribution is 5.43. The molecule has 0 fully saturated rings. The van der Waals surface area contributed by atoms with Crippen molar-refractivity contribution < 1.29 is 14.2 Å². The van der Waals surface area contributed by atoms with Crippen molar-refractivity contribution in [2.45, 2.75) is 33.2 Å². The molecule has 2 N–H and O–H groups in total. The normalized spacial score (nSPS) is 10.7. The fraction of sp³-hybridized carbons (Fsp3) is 0.400. The van der Waals surface area contributed by atoms with Gasteiger partial charge in [0.05, 0.1) is 6.61 Å². The lowest BCUT2D eigenvalue weighted by Gasteiger charge is -2.14. The Kier molecular flexibility index (Phi) is 6.94. The van der Waals surface area contributed by atoms with Crippen LogP contribution in [0.3, 0.4) is 0 Å². The summed E-state index contributed by atoms with van der Waals surface area (Å²) >= 11 is 0. The summed E-state index contributed by atoms with van der Waals surface area (Å²) in [7, 11) is 0. The van der Waals surface area contributed by atoms with E-state index in [1.165, 1.54) is 5.56 Å². The molecular formula is C20H27NO3. The van der Waals surface area contributed by atoms with Gasteiger partial charge in [0.25, 0.3) is 0 Å². The zero-order valence-electron chi connectivity index (χ0n) is 14.7. The largest absolute Gasteiger partial charge is 0.490 e.